The molecule has 3 saturated carbocycles. The van der Waals surface area contributed by atoms with Crippen molar-refractivity contribution in [2.75, 3.05) is 5.75 Å². The summed E-state index contributed by atoms with van der Waals surface area (Å²) in [4.78, 5) is 33.7. The first-order valence-corrected chi connectivity index (χ1v) is 11.2. The minimum Gasteiger partial charge on any atom is -0.353 e. The second kappa shape index (κ2) is 7.53. The number of aryl methyl sites for hydroxylation is 1. The van der Waals surface area contributed by atoms with Crippen LogP contribution in [0.3, 0.4) is 0 Å². The quantitative estimate of drug-likeness (QED) is 0.436. The van der Waals surface area contributed by atoms with E-state index in [2.05, 4.69) is 22.2 Å². The molecular weight excluding hydrogens is 358 g/mol. The molecule has 5 nitrogen and oxygen atoms in total. The van der Waals surface area contributed by atoms with Gasteiger partial charge in [-0.15, -0.1) is 0 Å². The summed E-state index contributed by atoms with van der Waals surface area (Å²) in [5, 5.41) is 3.87. The van der Waals surface area contributed by atoms with Crippen LogP contribution >= 0.6 is 11.8 Å². The van der Waals surface area contributed by atoms with Crippen molar-refractivity contribution in [2.24, 2.45) is 17.8 Å². The maximum Gasteiger partial charge on any atom is 0.230 e. The second-order valence-electron chi connectivity index (χ2n) is 8.66. The Bertz CT molecular complexity index is 762. The van der Waals surface area contributed by atoms with Gasteiger partial charge in [0.2, 0.25) is 5.91 Å². The van der Waals surface area contributed by atoms with Gasteiger partial charge in [-0.05, 0) is 70.6 Å². The van der Waals surface area contributed by atoms with E-state index in [0.717, 1.165) is 36.2 Å². The van der Waals surface area contributed by atoms with E-state index in [1.54, 1.807) is 6.92 Å². The lowest BCUT2D eigenvalue weighted by Gasteiger charge is -2.28. The molecular formula is C21H29N3O2S. The van der Waals surface area contributed by atoms with Gasteiger partial charge in [0.05, 0.1) is 17.0 Å². The van der Waals surface area contributed by atoms with Crippen LogP contribution in [0, 0.1) is 24.7 Å². The number of aromatic nitrogens is 2. The molecule has 0 radical (unpaired) electrons. The number of Topliss-reactive ketones (excluding diaryl/α,β-unsaturated/α-hetero) is 1. The molecule has 0 aliphatic heterocycles. The number of nitrogens with zero attached hydrogens (tertiary/aromatic N) is 2. The average molecular weight is 388 g/mol. The molecule has 2 bridgehead atoms. The Morgan fingerprint density at radius 2 is 1.96 bits per heavy atom. The molecule has 1 aromatic rings. The fourth-order valence-electron chi connectivity index (χ4n) is 5.04. The van der Waals surface area contributed by atoms with Gasteiger partial charge in [0.15, 0.2) is 5.78 Å². The van der Waals surface area contributed by atoms with Gasteiger partial charge in [-0.2, -0.15) is 0 Å². The number of hydrogen-bond acceptors (Lipinski definition) is 5. The molecule has 6 heteroatoms. The van der Waals surface area contributed by atoms with E-state index in [1.807, 2.05) is 6.92 Å². The predicted octanol–water partition coefficient (Wildman–Crippen LogP) is 3.90. The molecule has 0 saturated heterocycles. The van der Waals surface area contributed by atoms with Crippen LogP contribution in [0.15, 0.2) is 5.03 Å². The summed E-state index contributed by atoms with van der Waals surface area (Å²) < 4.78 is 0. The number of thioether (sulfide) groups is 1. The number of nitrogens with one attached hydrogen (secondary N) is 1. The van der Waals surface area contributed by atoms with E-state index in [0.29, 0.717) is 28.2 Å². The number of rotatable bonds is 7. The highest BCUT2D eigenvalue weighted by Gasteiger charge is 2.42. The van der Waals surface area contributed by atoms with Crippen molar-refractivity contribution in [3.8, 4) is 0 Å². The molecule has 146 valence electrons. The SMILES string of the molecule is CC(=O)c1c(C)nc(C2CC2)nc1SCC(=O)N[C@@H](C)[C@@H]1C[C@H]2CC[C@H]1C2. The maximum atomic E-state index is 12.5. The normalized spacial score (nSPS) is 27.6. The largest absolute Gasteiger partial charge is 0.353 e. The first-order chi connectivity index (χ1) is 12.9. The van der Waals surface area contributed by atoms with Crippen molar-refractivity contribution in [1.29, 1.82) is 0 Å². The molecule has 3 aliphatic carbocycles. The molecule has 0 spiro atoms. The lowest BCUT2D eigenvalue weighted by molar-refractivity contribution is -0.119. The number of ketones is 1. The highest BCUT2D eigenvalue weighted by Crippen LogP contribution is 2.49. The van der Waals surface area contributed by atoms with Crippen molar-refractivity contribution in [3.63, 3.8) is 0 Å². The minimum absolute atomic E-state index is 0.0342. The molecule has 0 aromatic carbocycles. The summed E-state index contributed by atoms with van der Waals surface area (Å²) in [6, 6.07) is 0.231. The molecule has 3 fully saturated rings. The molecule has 0 unspecified atom stereocenters. The van der Waals surface area contributed by atoms with Gasteiger partial charge in [0.1, 0.15) is 10.9 Å². The third-order valence-electron chi connectivity index (χ3n) is 6.53. The highest BCUT2D eigenvalue weighted by atomic mass is 32.2. The van der Waals surface area contributed by atoms with Gasteiger partial charge in [0.25, 0.3) is 0 Å². The van der Waals surface area contributed by atoms with Gasteiger partial charge in [-0.1, -0.05) is 18.2 Å². The molecule has 1 amide bonds. The fourth-order valence-corrected chi connectivity index (χ4v) is 5.99. The lowest BCUT2D eigenvalue weighted by atomic mass is 9.84. The van der Waals surface area contributed by atoms with Crippen molar-refractivity contribution in [2.45, 2.75) is 76.3 Å². The molecule has 1 heterocycles. The van der Waals surface area contributed by atoms with Crippen molar-refractivity contribution >= 4 is 23.5 Å². The molecule has 27 heavy (non-hydrogen) atoms. The Morgan fingerprint density at radius 1 is 1.19 bits per heavy atom. The fraction of sp³-hybridized carbons (Fsp3) is 0.714. The van der Waals surface area contributed by atoms with E-state index in [-0.39, 0.29) is 17.7 Å². The third-order valence-corrected chi connectivity index (χ3v) is 7.51. The Balaban J connectivity index is 1.39. The van der Waals surface area contributed by atoms with Crippen LogP contribution < -0.4 is 5.32 Å². The molecule has 1 N–H and O–H groups in total. The highest BCUT2D eigenvalue weighted by molar-refractivity contribution is 8.00. The minimum atomic E-state index is -0.0342. The summed E-state index contributed by atoms with van der Waals surface area (Å²) in [5.74, 6) is 3.87. The van der Waals surface area contributed by atoms with Gasteiger partial charge in [-0.25, -0.2) is 9.97 Å². The molecule has 4 atom stereocenters. The summed E-state index contributed by atoms with van der Waals surface area (Å²) in [6.45, 7) is 5.56. The van der Waals surface area contributed by atoms with Crippen LogP contribution in [0.2, 0.25) is 0 Å². The standard InChI is InChI=1S/C21H29N3O2S/c1-11(17-9-14-4-5-16(17)8-14)22-18(26)10-27-21-19(13(3)25)12(2)23-20(24-21)15-6-7-15/h11,14-17H,4-10H2,1-3H3,(H,22,26)/t11-,14-,16-,17-/m0/s1. The Morgan fingerprint density at radius 3 is 2.56 bits per heavy atom. The molecule has 4 rings (SSSR count). The lowest BCUT2D eigenvalue weighted by Crippen LogP contribution is -2.40. The topological polar surface area (TPSA) is 72.0 Å². The molecule has 3 aliphatic rings. The number of carbonyl (C=O) groups is 2. The van der Waals surface area contributed by atoms with Gasteiger partial charge in [0, 0.05) is 12.0 Å². The number of amides is 1. The van der Waals surface area contributed by atoms with Crippen molar-refractivity contribution < 1.29 is 9.59 Å². The maximum absolute atomic E-state index is 12.5. The van der Waals surface area contributed by atoms with Crippen LogP contribution in [0.5, 0.6) is 0 Å². The van der Waals surface area contributed by atoms with Crippen molar-refractivity contribution in [3.05, 3.63) is 17.1 Å². The predicted molar refractivity (Wildman–Crippen MR) is 106 cm³/mol. The van der Waals surface area contributed by atoms with E-state index < -0.39 is 0 Å². The zero-order chi connectivity index (χ0) is 19.1. The third kappa shape index (κ3) is 4.05. The van der Waals surface area contributed by atoms with Gasteiger partial charge >= 0.3 is 0 Å². The summed E-state index contributed by atoms with van der Waals surface area (Å²) in [7, 11) is 0. The van der Waals surface area contributed by atoms with Crippen LogP contribution in [0.4, 0.5) is 0 Å². The smallest absolute Gasteiger partial charge is 0.230 e. The Kier molecular flexibility index (Phi) is 5.28. The first kappa shape index (κ1) is 18.9. The van der Waals surface area contributed by atoms with Gasteiger partial charge < -0.3 is 5.32 Å². The van der Waals surface area contributed by atoms with E-state index in [4.69, 9.17) is 0 Å². The van der Waals surface area contributed by atoms with Crippen LogP contribution in [-0.2, 0) is 4.79 Å². The molecule has 1 aromatic heterocycles. The average Bonchev–Trinajstić information content (AvgIpc) is 3.25. The monoisotopic (exact) mass is 387 g/mol. The van der Waals surface area contributed by atoms with E-state index in [1.165, 1.54) is 37.4 Å². The van der Waals surface area contributed by atoms with Gasteiger partial charge in [-0.3, -0.25) is 9.59 Å². The number of fused-ring (bicyclic) bond motifs is 2. The van der Waals surface area contributed by atoms with E-state index >= 15 is 0 Å². The van der Waals surface area contributed by atoms with Crippen molar-refractivity contribution in [1.82, 2.24) is 15.3 Å². The first-order valence-electron chi connectivity index (χ1n) is 10.2. The Hall–Kier alpha value is -1.43. The summed E-state index contributed by atoms with van der Waals surface area (Å²) in [6.07, 6.45) is 7.56. The Labute approximate surface area is 165 Å². The number of hydrogen-bond donors (Lipinski definition) is 1. The number of carbonyl (C=O) groups excluding carboxylic acids is 2. The zero-order valence-corrected chi connectivity index (χ0v) is 17.3. The second-order valence-corrected chi connectivity index (χ2v) is 9.63. The van der Waals surface area contributed by atoms with Crippen LogP contribution in [0.25, 0.3) is 0 Å². The van der Waals surface area contributed by atoms with Crippen LogP contribution in [-0.4, -0.2) is 33.5 Å². The zero-order valence-electron chi connectivity index (χ0n) is 16.5. The van der Waals surface area contributed by atoms with Crippen LogP contribution in [0.1, 0.15) is 80.2 Å². The summed E-state index contributed by atoms with van der Waals surface area (Å²) >= 11 is 1.37. The summed E-state index contributed by atoms with van der Waals surface area (Å²) in [5.41, 5.74) is 1.30. The van der Waals surface area contributed by atoms with E-state index in [9.17, 15) is 9.59 Å².